The number of nitrogens with one attached hydrogen (secondary N) is 2. The molecule has 0 spiro atoms. The Balaban J connectivity index is 0.00000288. The maximum Gasteiger partial charge on any atom is 0.119 e. The van der Waals surface area contributed by atoms with Gasteiger partial charge in [0.2, 0.25) is 0 Å². The number of aliphatic hydroxyl groups excluding tert-OH is 1. The maximum absolute atomic E-state index is 9.13. The molecule has 6 heteroatoms. The first kappa shape index (κ1) is 23.7. The van der Waals surface area contributed by atoms with Crippen LogP contribution in [0.4, 0.5) is 0 Å². The highest BCUT2D eigenvalue weighted by Crippen LogP contribution is 2.14. The number of ether oxygens (including phenoxy) is 1. The van der Waals surface area contributed by atoms with E-state index < -0.39 is 0 Å². The van der Waals surface area contributed by atoms with E-state index in [1.54, 1.807) is 6.92 Å². The molecule has 0 radical (unpaired) electrons. The quantitative estimate of drug-likeness (QED) is 0.548. The van der Waals surface area contributed by atoms with Crippen molar-refractivity contribution in [1.29, 1.82) is 0 Å². The first-order chi connectivity index (χ1) is 11.2. The molecule has 0 fully saturated rings. The van der Waals surface area contributed by atoms with Crippen molar-refractivity contribution in [3.8, 4) is 5.75 Å². The van der Waals surface area contributed by atoms with Gasteiger partial charge in [-0.3, -0.25) is 0 Å². The van der Waals surface area contributed by atoms with Crippen LogP contribution in [-0.2, 0) is 13.2 Å². The van der Waals surface area contributed by atoms with Crippen LogP contribution in [0.25, 0.3) is 0 Å². The van der Waals surface area contributed by atoms with Gasteiger partial charge in [0.05, 0.1) is 6.10 Å². The highest BCUT2D eigenvalue weighted by Gasteiger charge is 1.98. The lowest BCUT2D eigenvalue weighted by Crippen LogP contribution is -2.31. The van der Waals surface area contributed by atoms with E-state index in [0.717, 1.165) is 25.4 Å². The summed E-state index contributed by atoms with van der Waals surface area (Å²) in [5.41, 5.74) is 2.40. The molecule has 0 heterocycles. The summed E-state index contributed by atoms with van der Waals surface area (Å²) < 4.78 is 5.77. The van der Waals surface area contributed by atoms with Crippen molar-refractivity contribution in [3.63, 3.8) is 0 Å². The van der Waals surface area contributed by atoms with Gasteiger partial charge in [-0.2, -0.15) is 0 Å². The van der Waals surface area contributed by atoms with E-state index >= 15 is 0 Å². The third-order valence-electron chi connectivity index (χ3n) is 3.42. The fourth-order valence-corrected chi connectivity index (χ4v) is 2.16. The third-order valence-corrected chi connectivity index (χ3v) is 3.42. The van der Waals surface area contributed by atoms with Crippen molar-refractivity contribution < 1.29 is 9.84 Å². The minimum atomic E-state index is -0.293. The van der Waals surface area contributed by atoms with Crippen LogP contribution in [0.5, 0.6) is 5.75 Å². The highest BCUT2D eigenvalue weighted by atomic mass is 35.5. The second kappa shape index (κ2) is 13.9. The van der Waals surface area contributed by atoms with Gasteiger partial charge in [-0.15, -0.1) is 24.8 Å². The highest BCUT2D eigenvalue weighted by molar-refractivity contribution is 5.85. The zero-order chi connectivity index (χ0) is 16.3. The van der Waals surface area contributed by atoms with E-state index in [4.69, 9.17) is 9.84 Å². The largest absolute Gasteiger partial charge is 0.489 e. The van der Waals surface area contributed by atoms with E-state index in [9.17, 15) is 0 Å². The Kier molecular flexibility index (Phi) is 13.2. The maximum atomic E-state index is 9.13. The number of halogens is 2. The summed E-state index contributed by atoms with van der Waals surface area (Å²) in [5.74, 6) is 0.885. The summed E-state index contributed by atoms with van der Waals surface area (Å²) in [6, 6.07) is 18.3. The smallest absolute Gasteiger partial charge is 0.119 e. The van der Waals surface area contributed by atoms with E-state index in [0.29, 0.717) is 13.2 Å². The molecule has 0 aromatic heterocycles. The monoisotopic (exact) mass is 386 g/mol. The molecule has 25 heavy (non-hydrogen) atoms. The standard InChI is InChI=1S/C19H26N2O2.2ClH/c1-16(22)13-20-11-12-21-14-17-7-9-19(10-8-17)23-15-18-5-3-2-4-6-18;;/h2-10,16,20-22H,11-15H2,1H3;2*1H. The van der Waals surface area contributed by atoms with Gasteiger partial charge in [0, 0.05) is 26.2 Å². The average molecular weight is 387 g/mol. The lowest BCUT2D eigenvalue weighted by molar-refractivity contribution is 0.191. The molecule has 1 unspecified atom stereocenters. The molecule has 0 amide bonds. The molecule has 0 saturated carbocycles. The Bertz CT molecular complexity index is 551. The van der Waals surface area contributed by atoms with Gasteiger partial charge in [0.1, 0.15) is 12.4 Å². The zero-order valence-electron chi connectivity index (χ0n) is 14.5. The topological polar surface area (TPSA) is 53.5 Å². The Labute approximate surface area is 162 Å². The van der Waals surface area contributed by atoms with Crippen LogP contribution in [0, 0.1) is 0 Å². The number of hydrogen-bond acceptors (Lipinski definition) is 4. The molecular weight excluding hydrogens is 359 g/mol. The van der Waals surface area contributed by atoms with Crippen molar-refractivity contribution in [1.82, 2.24) is 10.6 Å². The molecule has 2 aromatic rings. The molecule has 0 bridgehead atoms. The Hall–Kier alpha value is -1.30. The minimum Gasteiger partial charge on any atom is -0.489 e. The molecule has 1 atom stereocenters. The predicted octanol–water partition coefficient (Wildman–Crippen LogP) is 3.17. The van der Waals surface area contributed by atoms with Crippen LogP contribution in [-0.4, -0.2) is 30.8 Å². The summed E-state index contributed by atoms with van der Waals surface area (Å²) in [5, 5.41) is 15.7. The molecule has 140 valence electrons. The fraction of sp³-hybridized carbons (Fsp3) is 0.368. The van der Waals surface area contributed by atoms with Crippen LogP contribution in [0.1, 0.15) is 18.1 Å². The average Bonchev–Trinajstić information content (AvgIpc) is 2.58. The third kappa shape index (κ3) is 10.3. The summed E-state index contributed by atoms with van der Waals surface area (Å²) in [6.45, 7) is 5.56. The van der Waals surface area contributed by atoms with E-state index in [2.05, 4.69) is 34.9 Å². The van der Waals surface area contributed by atoms with E-state index in [-0.39, 0.29) is 30.9 Å². The molecule has 0 aliphatic heterocycles. The predicted molar refractivity (Wildman–Crippen MR) is 108 cm³/mol. The van der Waals surface area contributed by atoms with Gasteiger partial charge in [0.25, 0.3) is 0 Å². The number of hydrogen-bond donors (Lipinski definition) is 3. The molecule has 0 aliphatic rings. The Morgan fingerprint density at radius 2 is 1.52 bits per heavy atom. The van der Waals surface area contributed by atoms with Gasteiger partial charge in [0.15, 0.2) is 0 Å². The minimum absolute atomic E-state index is 0. The van der Waals surface area contributed by atoms with Crippen molar-refractivity contribution in [2.24, 2.45) is 0 Å². The molecule has 2 rings (SSSR count). The number of aliphatic hydroxyl groups is 1. The van der Waals surface area contributed by atoms with E-state index in [1.165, 1.54) is 11.1 Å². The molecular formula is C19H28Cl2N2O2. The van der Waals surface area contributed by atoms with E-state index in [1.807, 2.05) is 30.3 Å². The van der Waals surface area contributed by atoms with Crippen LogP contribution < -0.4 is 15.4 Å². The summed E-state index contributed by atoms with van der Waals surface area (Å²) in [4.78, 5) is 0. The second-order valence-electron chi connectivity index (χ2n) is 5.65. The van der Waals surface area contributed by atoms with Gasteiger partial charge in [-0.1, -0.05) is 42.5 Å². The van der Waals surface area contributed by atoms with Crippen LogP contribution in [0.2, 0.25) is 0 Å². The summed E-state index contributed by atoms with van der Waals surface area (Å²) in [7, 11) is 0. The lowest BCUT2D eigenvalue weighted by Gasteiger charge is -2.09. The van der Waals surface area contributed by atoms with Crippen molar-refractivity contribution in [2.75, 3.05) is 19.6 Å². The first-order valence-corrected chi connectivity index (χ1v) is 8.09. The number of benzene rings is 2. The molecule has 2 aromatic carbocycles. The van der Waals surface area contributed by atoms with Crippen LogP contribution >= 0.6 is 24.8 Å². The molecule has 0 saturated heterocycles. The molecule has 0 aliphatic carbocycles. The van der Waals surface area contributed by atoms with Crippen LogP contribution in [0.3, 0.4) is 0 Å². The molecule has 4 nitrogen and oxygen atoms in total. The fourth-order valence-electron chi connectivity index (χ4n) is 2.16. The van der Waals surface area contributed by atoms with Gasteiger partial charge in [-0.05, 0) is 30.2 Å². The van der Waals surface area contributed by atoms with Crippen molar-refractivity contribution in [2.45, 2.75) is 26.2 Å². The lowest BCUT2D eigenvalue weighted by atomic mass is 10.2. The van der Waals surface area contributed by atoms with Crippen molar-refractivity contribution >= 4 is 24.8 Å². The van der Waals surface area contributed by atoms with Gasteiger partial charge < -0.3 is 20.5 Å². The normalized spacial score (nSPS) is 11.1. The Morgan fingerprint density at radius 3 is 2.16 bits per heavy atom. The summed E-state index contributed by atoms with van der Waals surface area (Å²) >= 11 is 0. The Morgan fingerprint density at radius 1 is 0.880 bits per heavy atom. The summed E-state index contributed by atoms with van der Waals surface area (Å²) in [6.07, 6.45) is -0.293. The van der Waals surface area contributed by atoms with Gasteiger partial charge in [-0.25, -0.2) is 0 Å². The molecule has 3 N–H and O–H groups in total. The van der Waals surface area contributed by atoms with Crippen LogP contribution in [0.15, 0.2) is 54.6 Å². The first-order valence-electron chi connectivity index (χ1n) is 8.09. The second-order valence-corrected chi connectivity index (χ2v) is 5.65. The zero-order valence-corrected chi connectivity index (χ0v) is 16.1. The van der Waals surface area contributed by atoms with Gasteiger partial charge >= 0.3 is 0 Å². The SMILES string of the molecule is CC(O)CNCCNCc1ccc(OCc2ccccc2)cc1.Cl.Cl. The van der Waals surface area contributed by atoms with Crippen molar-refractivity contribution in [3.05, 3.63) is 65.7 Å². The number of rotatable bonds is 10.